The molecule has 1 saturated heterocycles. The Labute approximate surface area is 203 Å². The minimum atomic E-state index is -1.78. The molecule has 182 valence electrons. The van der Waals surface area contributed by atoms with Crippen LogP contribution in [0, 0.1) is 0 Å². The van der Waals surface area contributed by atoms with Gasteiger partial charge < -0.3 is 23.9 Å². The molecule has 0 aromatic carbocycles. The van der Waals surface area contributed by atoms with Gasteiger partial charge in [0.1, 0.15) is 5.60 Å². The van der Waals surface area contributed by atoms with Gasteiger partial charge in [-0.3, -0.25) is 0 Å². The van der Waals surface area contributed by atoms with E-state index in [-0.39, 0.29) is 11.1 Å². The highest BCUT2D eigenvalue weighted by molar-refractivity contribution is 9.10. The van der Waals surface area contributed by atoms with Crippen molar-refractivity contribution in [2.24, 2.45) is 0 Å². The van der Waals surface area contributed by atoms with Crippen molar-refractivity contribution in [3.8, 4) is 0 Å². The van der Waals surface area contributed by atoms with Gasteiger partial charge in [-0.2, -0.15) is 0 Å². The smallest absolute Gasteiger partial charge is 0.410 e. The van der Waals surface area contributed by atoms with E-state index in [4.69, 9.17) is 14.1 Å². The molecule has 7 nitrogen and oxygen atoms in total. The number of nitrogens with zero attached hydrogens (tertiary/aromatic N) is 4. The van der Waals surface area contributed by atoms with Crippen molar-refractivity contribution in [1.82, 2.24) is 9.88 Å². The zero-order valence-corrected chi connectivity index (χ0v) is 23.9. The summed E-state index contributed by atoms with van der Waals surface area (Å²) in [6.07, 6.45) is 1.58. The van der Waals surface area contributed by atoms with Gasteiger partial charge in [0.25, 0.3) is 0 Å². The molecule has 0 spiro atoms. The van der Waals surface area contributed by atoms with Crippen molar-refractivity contribution >= 4 is 41.8 Å². The molecule has 0 atom stereocenters. The number of carbonyl (C=O) groups excluding carboxylic acids is 1. The summed E-state index contributed by atoms with van der Waals surface area (Å²) in [7, 11) is 0.306. The summed E-state index contributed by atoms with van der Waals surface area (Å²) in [6.45, 7) is 21.2. The molecule has 9 heteroatoms. The molecule has 1 aromatic rings. The van der Waals surface area contributed by atoms with Crippen LogP contribution < -0.4 is 9.80 Å². The van der Waals surface area contributed by atoms with Crippen molar-refractivity contribution in [2.75, 3.05) is 56.2 Å². The molecular weight excluding hydrogens is 488 g/mol. The van der Waals surface area contributed by atoms with Gasteiger partial charge in [-0.05, 0) is 60.9 Å². The van der Waals surface area contributed by atoms with Crippen LogP contribution in [0.15, 0.2) is 16.7 Å². The quantitative estimate of drug-likeness (QED) is 0.463. The summed E-state index contributed by atoms with van der Waals surface area (Å²) in [5, 5.41) is 0.196. The standard InChI is InChI=1S/C23H41BrN4O3Si/c1-22(2,3)31-21(29)28-12-10-27(11-13-28)20-19(16-18(24)17-25-20)26(7)14-15-30-32(8,9)23(4,5)6/h16-17H,10-15H2,1-9H3. The molecule has 0 radical (unpaired) electrons. The lowest BCUT2D eigenvalue weighted by molar-refractivity contribution is 0.0240. The molecule has 0 aliphatic carbocycles. The van der Waals surface area contributed by atoms with E-state index in [2.05, 4.69) is 72.7 Å². The second kappa shape index (κ2) is 10.3. The van der Waals surface area contributed by atoms with E-state index in [1.165, 1.54) is 0 Å². The Morgan fingerprint density at radius 2 is 1.75 bits per heavy atom. The third kappa shape index (κ3) is 7.35. The van der Waals surface area contributed by atoms with Crippen LogP contribution in [-0.4, -0.2) is 76.3 Å². The fraction of sp³-hybridized carbons (Fsp3) is 0.739. The summed E-state index contributed by atoms with van der Waals surface area (Å²) in [5.74, 6) is 0.937. The van der Waals surface area contributed by atoms with E-state index in [1.807, 2.05) is 27.0 Å². The molecule has 0 bridgehead atoms. The lowest BCUT2D eigenvalue weighted by Crippen LogP contribution is -2.50. The number of ether oxygens (including phenoxy) is 1. The monoisotopic (exact) mass is 528 g/mol. The fourth-order valence-corrected chi connectivity index (χ4v) is 4.50. The van der Waals surface area contributed by atoms with Gasteiger partial charge in [0.2, 0.25) is 0 Å². The Bertz CT molecular complexity index is 784. The number of halogens is 1. The van der Waals surface area contributed by atoms with Crippen molar-refractivity contribution in [3.05, 3.63) is 16.7 Å². The number of rotatable bonds is 6. The van der Waals surface area contributed by atoms with Gasteiger partial charge in [-0.25, -0.2) is 9.78 Å². The predicted octanol–water partition coefficient (Wildman–Crippen LogP) is 5.36. The number of pyridine rings is 1. The first-order valence-electron chi connectivity index (χ1n) is 11.3. The van der Waals surface area contributed by atoms with Gasteiger partial charge in [0, 0.05) is 50.4 Å². The van der Waals surface area contributed by atoms with Gasteiger partial charge in [-0.15, -0.1) is 0 Å². The van der Waals surface area contributed by atoms with Crippen LogP contribution in [0.5, 0.6) is 0 Å². The maximum Gasteiger partial charge on any atom is 0.410 e. The van der Waals surface area contributed by atoms with Crippen LogP contribution in [0.1, 0.15) is 41.5 Å². The maximum atomic E-state index is 12.4. The van der Waals surface area contributed by atoms with E-state index in [0.29, 0.717) is 19.7 Å². The van der Waals surface area contributed by atoms with E-state index < -0.39 is 13.9 Å². The number of hydrogen-bond acceptors (Lipinski definition) is 6. The number of likely N-dealkylation sites (N-methyl/N-ethyl adjacent to an activating group) is 1. The van der Waals surface area contributed by atoms with E-state index >= 15 is 0 Å². The number of aromatic nitrogens is 1. The zero-order chi connectivity index (χ0) is 24.3. The second-order valence-corrected chi connectivity index (χ2v) is 16.7. The second-order valence-electron chi connectivity index (χ2n) is 11.0. The van der Waals surface area contributed by atoms with Crippen molar-refractivity contribution < 1.29 is 14.0 Å². The van der Waals surface area contributed by atoms with Gasteiger partial charge in [0.05, 0.1) is 12.3 Å². The summed E-state index contributed by atoms with van der Waals surface area (Å²) in [4.78, 5) is 23.3. The van der Waals surface area contributed by atoms with E-state index in [9.17, 15) is 4.79 Å². The summed E-state index contributed by atoms with van der Waals surface area (Å²) in [5.41, 5.74) is 0.577. The average Bonchev–Trinajstić information content (AvgIpc) is 2.65. The first kappa shape index (κ1) is 26.9. The Balaban J connectivity index is 2.03. The number of amides is 1. The van der Waals surface area contributed by atoms with E-state index in [0.717, 1.165) is 35.6 Å². The lowest BCUT2D eigenvalue weighted by atomic mass is 10.2. The Morgan fingerprint density at radius 3 is 2.28 bits per heavy atom. The van der Waals surface area contributed by atoms with Crippen LogP contribution in [0.2, 0.25) is 18.1 Å². The zero-order valence-electron chi connectivity index (χ0n) is 21.3. The highest BCUT2D eigenvalue weighted by Crippen LogP contribution is 2.36. The van der Waals surface area contributed by atoms with Crippen molar-refractivity contribution in [3.63, 3.8) is 0 Å². The largest absolute Gasteiger partial charge is 0.444 e. The van der Waals surface area contributed by atoms with E-state index in [1.54, 1.807) is 4.90 Å². The molecule has 1 aromatic heterocycles. The van der Waals surface area contributed by atoms with Gasteiger partial charge in [-0.1, -0.05) is 20.8 Å². The predicted molar refractivity (Wildman–Crippen MR) is 138 cm³/mol. The minimum Gasteiger partial charge on any atom is -0.444 e. The Kier molecular flexibility index (Phi) is 8.67. The number of carbonyl (C=O) groups is 1. The summed E-state index contributed by atoms with van der Waals surface area (Å²) in [6, 6.07) is 2.11. The molecule has 2 rings (SSSR count). The molecular formula is C23H41BrN4O3Si. The summed E-state index contributed by atoms with van der Waals surface area (Å²) < 4.78 is 12.8. The SMILES string of the molecule is CN(CCO[Si](C)(C)C(C)(C)C)c1cc(Br)cnc1N1CCN(C(=O)OC(C)(C)C)CC1. The number of hydrogen-bond donors (Lipinski definition) is 0. The Morgan fingerprint density at radius 1 is 1.16 bits per heavy atom. The first-order valence-corrected chi connectivity index (χ1v) is 15.0. The molecule has 0 unspecified atom stereocenters. The van der Waals surface area contributed by atoms with Gasteiger partial charge in [0.15, 0.2) is 14.1 Å². The molecule has 0 saturated carbocycles. The van der Waals surface area contributed by atoms with Crippen LogP contribution in [0.25, 0.3) is 0 Å². The molecule has 1 fully saturated rings. The maximum absolute atomic E-state index is 12.4. The molecule has 0 N–H and O–H groups in total. The molecule has 1 amide bonds. The minimum absolute atomic E-state index is 0.196. The van der Waals surface area contributed by atoms with Crippen molar-refractivity contribution in [2.45, 2.75) is 65.3 Å². The van der Waals surface area contributed by atoms with Crippen LogP contribution >= 0.6 is 15.9 Å². The van der Waals surface area contributed by atoms with Crippen LogP contribution in [0.3, 0.4) is 0 Å². The molecule has 2 heterocycles. The number of anilines is 2. The highest BCUT2D eigenvalue weighted by Gasteiger charge is 2.37. The highest BCUT2D eigenvalue weighted by atomic mass is 79.9. The average molecular weight is 530 g/mol. The molecule has 1 aliphatic heterocycles. The summed E-state index contributed by atoms with van der Waals surface area (Å²) >= 11 is 3.57. The molecule has 32 heavy (non-hydrogen) atoms. The topological polar surface area (TPSA) is 58.1 Å². The van der Waals surface area contributed by atoms with Crippen LogP contribution in [-0.2, 0) is 9.16 Å². The Hall–Kier alpha value is -1.32. The van der Waals surface area contributed by atoms with Gasteiger partial charge >= 0.3 is 6.09 Å². The third-order valence-corrected chi connectivity index (χ3v) is 11.1. The fourth-order valence-electron chi connectivity index (χ4n) is 3.15. The normalized spacial score (nSPS) is 15.7. The number of piperazine rings is 1. The lowest BCUT2D eigenvalue weighted by Gasteiger charge is -2.38. The third-order valence-electron chi connectivity index (χ3n) is 6.15. The molecule has 1 aliphatic rings. The first-order chi connectivity index (χ1) is 14.6. The van der Waals surface area contributed by atoms with Crippen LogP contribution in [0.4, 0.5) is 16.3 Å². The van der Waals surface area contributed by atoms with Crippen molar-refractivity contribution in [1.29, 1.82) is 0 Å².